The standard InChI is InChI=1S/C14H17BrN2/c1-10(2)7-12(15)8-14-13-6-4-3-5-11(13)9-16-17-14/h3-6,9-10,12H,7-8H2,1-2H3. The lowest BCUT2D eigenvalue weighted by molar-refractivity contribution is 0.568. The van der Waals surface area contributed by atoms with Gasteiger partial charge in [-0.15, -0.1) is 0 Å². The summed E-state index contributed by atoms with van der Waals surface area (Å²) < 4.78 is 0. The van der Waals surface area contributed by atoms with Crippen LogP contribution in [0.5, 0.6) is 0 Å². The van der Waals surface area contributed by atoms with Gasteiger partial charge in [0.25, 0.3) is 0 Å². The van der Waals surface area contributed by atoms with Gasteiger partial charge in [0.05, 0.1) is 11.9 Å². The van der Waals surface area contributed by atoms with Crippen LogP contribution in [0.25, 0.3) is 10.8 Å². The number of benzene rings is 1. The smallest absolute Gasteiger partial charge is 0.0720 e. The number of hydrogen-bond donors (Lipinski definition) is 0. The Bertz CT molecular complexity index is 491. The van der Waals surface area contributed by atoms with Gasteiger partial charge in [0, 0.05) is 22.0 Å². The number of rotatable bonds is 4. The highest BCUT2D eigenvalue weighted by atomic mass is 79.9. The fourth-order valence-corrected chi connectivity index (χ4v) is 3.10. The third-order valence-corrected chi connectivity index (χ3v) is 3.49. The summed E-state index contributed by atoms with van der Waals surface area (Å²) in [7, 11) is 0. The van der Waals surface area contributed by atoms with Crippen molar-refractivity contribution in [2.45, 2.75) is 31.5 Å². The molecule has 0 saturated heterocycles. The molecule has 2 aromatic rings. The van der Waals surface area contributed by atoms with Crippen LogP contribution in [0.1, 0.15) is 26.0 Å². The molecule has 17 heavy (non-hydrogen) atoms. The Labute approximate surface area is 111 Å². The highest BCUT2D eigenvalue weighted by molar-refractivity contribution is 9.09. The molecule has 90 valence electrons. The van der Waals surface area contributed by atoms with Crippen molar-refractivity contribution in [2.75, 3.05) is 0 Å². The van der Waals surface area contributed by atoms with Crippen molar-refractivity contribution in [3.63, 3.8) is 0 Å². The second kappa shape index (κ2) is 5.58. The lowest BCUT2D eigenvalue weighted by Gasteiger charge is -2.12. The minimum absolute atomic E-state index is 0.475. The maximum absolute atomic E-state index is 4.27. The van der Waals surface area contributed by atoms with Crippen LogP contribution in [-0.4, -0.2) is 15.0 Å². The molecule has 3 heteroatoms. The first kappa shape index (κ1) is 12.5. The number of fused-ring (bicyclic) bond motifs is 1. The molecule has 0 aliphatic heterocycles. The van der Waals surface area contributed by atoms with Gasteiger partial charge in [0.2, 0.25) is 0 Å². The van der Waals surface area contributed by atoms with E-state index in [4.69, 9.17) is 0 Å². The van der Waals surface area contributed by atoms with Crippen molar-refractivity contribution in [1.29, 1.82) is 0 Å². The predicted octanol–water partition coefficient (Wildman–Crippen LogP) is 3.98. The molecule has 1 aromatic heterocycles. The summed E-state index contributed by atoms with van der Waals surface area (Å²) in [6.07, 6.45) is 3.92. The molecule has 1 aromatic carbocycles. The van der Waals surface area contributed by atoms with E-state index in [9.17, 15) is 0 Å². The number of aromatic nitrogens is 2. The highest BCUT2D eigenvalue weighted by Crippen LogP contribution is 2.21. The van der Waals surface area contributed by atoms with Gasteiger partial charge in [-0.2, -0.15) is 10.2 Å². The molecule has 1 heterocycles. The zero-order valence-corrected chi connectivity index (χ0v) is 11.8. The normalized spacial score (nSPS) is 13.2. The summed E-state index contributed by atoms with van der Waals surface area (Å²) in [5.41, 5.74) is 1.09. The van der Waals surface area contributed by atoms with Crippen molar-refractivity contribution >= 4 is 26.7 Å². The number of hydrogen-bond acceptors (Lipinski definition) is 2. The maximum Gasteiger partial charge on any atom is 0.0720 e. The zero-order valence-electron chi connectivity index (χ0n) is 10.2. The van der Waals surface area contributed by atoms with Gasteiger partial charge in [-0.25, -0.2) is 0 Å². The minimum Gasteiger partial charge on any atom is -0.158 e. The zero-order chi connectivity index (χ0) is 12.3. The highest BCUT2D eigenvalue weighted by Gasteiger charge is 2.11. The molecule has 0 aliphatic carbocycles. The second-order valence-corrected chi connectivity index (χ2v) is 6.10. The summed E-state index contributed by atoms with van der Waals surface area (Å²) >= 11 is 3.73. The van der Waals surface area contributed by atoms with Gasteiger partial charge in [0.1, 0.15) is 0 Å². The Kier molecular flexibility index (Phi) is 4.11. The first-order chi connectivity index (χ1) is 8.16. The van der Waals surface area contributed by atoms with Gasteiger partial charge in [-0.05, 0) is 12.3 Å². The third kappa shape index (κ3) is 3.25. The molecule has 2 rings (SSSR count). The average molecular weight is 293 g/mol. The van der Waals surface area contributed by atoms with E-state index in [-0.39, 0.29) is 0 Å². The number of alkyl halides is 1. The molecule has 0 bridgehead atoms. The Balaban J connectivity index is 2.24. The minimum atomic E-state index is 0.475. The maximum atomic E-state index is 4.27. The molecular weight excluding hydrogens is 276 g/mol. The van der Waals surface area contributed by atoms with Gasteiger partial charge in [-0.1, -0.05) is 54.0 Å². The van der Waals surface area contributed by atoms with E-state index in [0.717, 1.165) is 18.5 Å². The van der Waals surface area contributed by atoms with E-state index < -0.39 is 0 Å². The van der Waals surface area contributed by atoms with Crippen LogP contribution in [0, 0.1) is 5.92 Å². The summed E-state index contributed by atoms with van der Waals surface area (Å²) in [4.78, 5) is 0.475. The van der Waals surface area contributed by atoms with Crippen LogP contribution in [0.2, 0.25) is 0 Å². The number of nitrogens with zero attached hydrogens (tertiary/aromatic N) is 2. The topological polar surface area (TPSA) is 25.8 Å². The van der Waals surface area contributed by atoms with Crippen molar-refractivity contribution in [2.24, 2.45) is 5.92 Å². The van der Waals surface area contributed by atoms with Crippen molar-refractivity contribution < 1.29 is 0 Å². The Morgan fingerprint density at radius 3 is 2.76 bits per heavy atom. The van der Waals surface area contributed by atoms with E-state index in [2.05, 4.69) is 58.2 Å². The SMILES string of the molecule is CC(C)CC(Br)Cc1nncc2ccccc12. The summed E-state index contributed by atoms with van der Waals surface area (Å²) in [5.74, 6) is 0.697. The summed E-state index contributed by atoms with van der Waals surface area (Å²) in [6.45, 7) is 4.48. The van der Waals surface area contributed by atoms with E-state index in [1.165, 1.54) is 10.8 Å². The molecule has 0 aliphatic rings. The van der Waals surface area contributed by atoms with E-state index in [0.29, 0.717) is 10.7 Å². The molecule has 0 N–H and O–H groups in total. The molecule has 1 atom stereocenters. The Hall–Kier alpha value is -0.960. The molecule has 0 spiro atoms. The lowest BCUT2D eigenvalue weighted by atomic mass is 10.0. The molecule has 1 unspecified atom stereocenters. The summed E-state index contributed by atoms with van der Waals surface area (Å²) in [5, 5.41) is 10.7. The summed E-state index contributed by atoms with van der Waals surface area (Å²) in [6, 6.07) is 8.29. The van der Waals surface area contributed by atoms with Crippen LogP contribution < -0.4 is 0 Å². The van der Waals surface area contributed by atoms with E-state index in [1.54, 1.807) is 0 Å². The van der Waals surface area contributed by atoms with Gasteiger partial charge in [0.15, 0.2) is 0 Å². The fourth-order valence-electron chi connectivity index (χ4n) is 2.04. The van der Waals surface area contributed by atoms with E-state index in [1.807, 2.05) is 12.3 Å². The van der Waals surface area contributed by atoms with Crippen LogP contribution in [0.3, 0.4) is 0 Å². The van der Waals surface area contributed by atoms with Crippen molar-refractivity contribution in [3.8, 4) is 0 Å². The predicted molar refractivity (Wildman–Crippen MR) is 75.4 cm³/mol. The van der Waals surface area contributed by atoms with Crippen molar-refractivity contribution in [1.82, 2.24) is 10.2 Å². The van der Waals surface area contributed by atoms with E-state index >= 15 is 0 Å². The lowest BCUT2D eigenvalue weighted by Crippen LogP contribution is -2.08. The molecule has 0 saturated carbocycles. The van der Waals surface area contributed by atoms with Gasteiger partial charge in [-0.3, -0.25) is 0 Å². The third-order valence-electron chi connectivity index (χ3n) is 2.79. The first-order valence-electron chi connectivity index (χ1n) is 6.00. The molecule has 2 nitrogen and oxygen atoms in total. The number of halogens is 1. The molecule has 0 fully saturated rings. The quantitative estimate of drug-likeness (QED) is 0.797. The largest absolute Gasteiger partial charge is 0.158 e. The monoisotopic (exact) mass is 292 g/mol. The first-order valence-corrected chi connectivity index (χ1v) is 6.91. The van der Waals surface area contributed by atoms with Crippen LogP contribution >= 0.6 is 15.9 Å². The Morgan fingerprint density at radius 1 is 1.24 bits per heavy atom. The second-order valence-electron chi connectivity index (χ2n) is 4.81. The molecule has 0 radical (unpaired) electrons. The molecule has 0 amide bonds. The Morgan fingerprint density at radius 2 is 2.00 bits per heavy atom. The van der Waals surface area contributed by atoms with Crippen LogP contribution in [0.15, 0.2) is 30.5 Å². The van der Waals surface area contributed by atoms with Crippen molar-refractivity contribution in [3.05, 3.63) is 36.2 Å². The average Bonchev–Trinajstić information content (AvgIpc) is 2.28. The van der Waals surface area contributed by atoms with Crippen LogP contribution in [-0.2, 0) is 6.42 Å². The van der Waals surface area contributed by atoms with Crippen LogP contribution in [0.4, 0.5) is 0 Å². The van der Waals surface area contributed by atoms with Gasteiger partial charge >= 0.3 is 0 Å². The fraction of sp³-hybridized carbons (Fsp3) is 0.429. The molecular formula is C14H17BrN2. The van der Waals surface area contributed by atoms with Gasteiger partial charge < -0.3 is 0 Å².